The van der Waals surface area contributed by atoms with E-state index in [-0.39, 0.29) is 12.2 Å². The Morgan fingerprint density at radius 2 is 2.20 bits per heavy atom. The van der Waals surface area contributed by atoms with Crippen LogP contribution < -0.4 is 0 Å². The largest absolute Gasteiger partial charge is 0.481 e. The molecule has 0 amide bonds. The lowest BCUT2D eigenvalue weighted by atomic mass is 10.00. The number of hydrogen-bond donors (Lipinski definition) is 1. The molecule has 0 aliphatic rings. The van der Waals surface area contributed by atoms with Crippen LogP contribution in [0.3, 0.4) is 0 Å². The highest BCUT2D eigenvalue weighted by atomic mass is 19.4. The first-order chi connectivity index (χ1) is 6.88. The van der Waals surface area contributed by atoms with E-state index in [1.807, 2.05) is 0 Å². The highest BCUT2D eigenvalue weighted by molar-refractivity contribution is 5.70. The molecule has 3 nitrogen and oxygen atoms in total. The molecule has 1 N–H and O–H groups in total. The molecule has 1 aromatic rings. The summed E-state index contributed by atoms with van der Waals surface area (Å²) in [5.74, 6) is -2.72. The number of carboxylic acid groups (broad SMARTS) is 1. The van der Waals surface area contributed by atoms with Crippen LogP contribution in [0.1, 0.15) is 12.2 Å². The van der Waals surface area contributed by atoms with Gasteiger partial charge in [0.2, 0.25) is 0 Å². The average Bonchev–Trinajstić information content (AvgIpc) is 2.52. The van der Waals surface area contributed by atoms with E-state index in [4.69, 9.17) is 9.52 Å². The average molecular weight is 222 g/mol. The third-order valence-electron chi connectivity index (χ3n) is 1.85. The van der Waals surface area contributed by atoms with E-state index in [9.17, 15) is 18.0 Å². The molecule has 1 aromatic heterocycles. The predicted molar refractivity (Wildman–Crippen MR) is 44.2 cm³/mol. The SMILES string of the molecule is O=C(O)C(Cc1ccco1)CC(F)(F)F. The minimum absolute atomic E-state index is 0.242. The van der Waals surface area contributed by atoms with Gasteiger partial charge in [0, 0.05) is 6.42 Å². The maximum Gasteiger partial charge on any atom is 0.389 e. The number of furan rings is 1. The molecule has 0 spiro atoms. The van der Waals surface area contributed by atoms with Crippen LogP contribution in [-0.2, 0) is 11.2 Å². The number of aliphatic carboxylic acids is 1. The Labute approximate surface area is 83.5 Å². The molecule has 6 heteroatoms. The highest BCUT2D eigenvalue weighted by Gasteiger charge is 2.35. The molecule has 0 aromatic carbocycles. The summed E-state index contributed by atoms with van der Waals surface area (Å²) in [6, 6.07) is 2.95. The zero-order valence-corrected chi connectivity index (χ0v) is 7.62. The lowest BCUT2D eigenvalue weighted by Gasteiger charge is -2.12. The van der Waals surface area contributed by atoms with Gasteiger partial charge in [0.05, 0.1) is 18.6 Å². The summed E-state index contributed by atoms with van der Waals surface area (Å²) >= 11 is 0. The molecule has 0 aliphatic carbocycles. The Balaban J connectivity index is 2.63. The van der Waals surface area contributed by atoms with Crippen molar-refractivity contribution in [3.05, 3.63) is 24.2 Å². The van der Waals surface area contributed by atoms with E-state index in [0.29, 0.717) is 0 Å². The van der Waals surface area contributed by atoms with Gasteiger partial charge in [-0.2, -0.15) is 13.2 Å². The summed E-state index contributed by atoms with van der Waals surface area (Å²) in [4.78, 5) is 10.6. The second kappa shape index (κ2) is 4.37. The molecule has 1 unspecified atom stereocenters. The topological polar surface area (TPSA) is 50.4 Å². The van der Waals surface area contributed by atoms with Crippen LogP contribution in [0.15, 0.2) is 22.8 Å². The van der Waals surface area contributed by atoms with Crippen molar-refractivity contribution in [1.82, 2.24) is 0 Å². The third kappa shape index (κ3) is 4.05. The van der Waals surface area contributed by atoms with Crippen LogP contribution in [0.5, 0.6) is 0 Å². The zero-order chi connectivity index (χ0) is 11.5. The first-order valence-corrected chi connectivity index (χ1v) is 4.20. The van der Waals surface area contributed by atoms with E-state index in [0.717, 1.165) is 0 Å². The minimum Gasteiger partial charge on any atom is -0.481 e. The number of hydrogen-bond acceptors (Lipinski definition) is 2. The molecule has 0 bridgehead atoms. The fourth-order valence-corrected chi connectivity index (χ4v) is 1.20. The van der Waals surface area contributed by atoms with Gasteiger partial charge in [-0.05, 0) is 12.1 Å². The first kappa shape index (κ1) is 11.6. The number of halogens is 3. The predicted octanol–water partition coefficient (Wildman–Crippen LogP) is 2.48. The summed E-state index contributed by atoms with van der Waals surface area (Å²) in [6.07, 6.45) is -4.78. The molecule has 15 heavy (non-hydrogen) atoms. The lowest BCUT2D eigenvalue weighted by molar-refractivity contribution is -0.163. The smallest absolute Gasteiger partial charge is 0.389 e. The number of rotatable bonds is 4. The molecule has 0 fully saturated rings. The Morgan fingerprint density at radius 1 is 1.53 bits per heavy atom. The summed E-state index contributed by atoms with van der Waals surface area (Å²) in [5, 5.41) is 8.59. The molecular formula is C9H9F3O3. The number of carboxylic acids is 1. The van der Waals surface area contributed by atoms with Crippen LogP contribution in [0.4, 0.5) is 13.2 Å². The van der Waals surface area contributed by atoms with Crippen LogP contribution >= 0.6 is 0 Å². The fraction of sp³-hybridized carbons (Fsp3) is 0.444. The molecule has 1 heterocycles. The molecule has 1 rings (SSSR count). The van der Waals surface area contributed by atoms with E-state index < -0.39 is 24.5 Å². The van der Waals surface area contributed by atoms with E-state index in [2.05, 4.69) is 0 Å². The molecule has 84 valence electrons. The number of carbonyl (C=O) groups is 1. The van der Waals surface area contributed by atoms with E-state index in [1.54, 1.807) is 0 Å². The van der Waals surface area contributed by atoms with Crippen molar-refractivity contribution >= 4 is 5.97 Å². The quantitative estimate of drug-likeness (QED) is 0.851. The monoisotopic (exact) mass is 222 g/mol. The molecule has 0 radical (unpaired) electrons. The van der Waals surface area contributed by atoms with E-state index in [1.165, 1.54) is 18.4 Å². The minimum atomic E-state index is -4.48. The summed E-state index contributed by atoms with van der Waals surface area (Å²) in [6.45, 7) is 0. The van der Waals surface area contributed by atoms with Crippen molar-refractivity contribution in [2.24, 2.45) is 5.92 Å². The van der Waals surface area contributed by atoms with Gasteiger partial charge >= 0.3 is 12.1 Å². The van der Waals surface area contributed by atoms with Crippen molar-refractivity contribution in [3.63, 3.8) is 0 Å². The molecule has 0 saturated carbocycles. The summed E-state index contributed by atoms with van der Waals surface area (Å²) < 4.78 is 40.8. The lowest BCUT2D eigenvalue weighted by Crippen LogP contribution is -2.23. The zero-order valence-electron chi connectivity index (χ0n) is 7.62. The molecule has 0 aliphatic heterocycles. The van der Waals surface area contributed by atoms with Gasteiger partial charge in [0.1, 0.15) is 5.76 Å². The second-order valence-corrected chi connectivity index (χ2v) is 3.14. The van der Waals surface area contributed by atoms with Gasteiger partial charge < -0.3 is 9.52 Å². The fourth-order valence-electron chi connectivity index (χ4n) is 1.20. The standard InChI is InChI=1S/C9H9F3O3/c10-9(11,12)5-6(8(13)14)4-7-2-1-3-15-7/h1-3,6H,4-5H2,(H,13,14). The second-order valence-electron chi connectivity index (χ2n) is 3.14. The van der Waals surface area contributed by atoms with Gasteiger partial charge in [-0.1, -0.05) is 0 Å². The van der Waals surface area contributed by atoms with Gasteiger partial charge in [-0.15, -0.1) is 0 Å². The Bertz CT molecular complexity index is 316. The molecule has 0 saturated heterocycles. The summed E-state index contributed by atoms with van der Waals surface area (Å²) in [7, 11) is 0. The highest BCUT2D eigenvalue weighted by Crippen LogP contribution is 2.27. The first-order valence-electron chi connectivity index (χ1n) is 4.20. The number of alkyl halides is 3. The summed E-state index contributed by atoms with van der Waals surface area (Å²) in [5.41, 5.74) is 0. The van der Waals surface area contributed by atoms with Crippen molar-refractivity contribution in [3.8, 4) is 0 Å². The molecular weight excluding hydrogens is 213 g/mol. The maximum atomic E-state index is 12.0. The maximum absolute atomic E-state index is 12.0. The Kier molecular flexibility index (Phi) is 3.39. The van der Waals surface area contributed by atoms with Crippen LogP contribution in [0.25, 0.3) is 0 Å². The molecule has 1 atom stereocenters. The van der Waals surface area contributed by atoms with Crippen molar-refractivity contribution in [2.45, 2.75) is 19.0 Å². The van der Waals surface area contributed by atoms with Crippen molar-refractivity contribution in [2.75, 3.05) is 0 Å². The van der Waals surface area contributed by atoms with E-state index >= 15 is 0 Å². The van der Waals surface area contributed by atoms with Crippen LogP contribution in [-0.4, -0.2) is 17.3 Å². The van der Waals surface area contributed by atoms with Crippen LogP contribution in [0.2, 0.25) is 0 Å². The van der Waals surface area contributed by atoms with Gasteiger partial charge in [-0.3, -0.25) is 4.79 Å². The van der Waals surface area contributed by atoms with Crippen LogP contribution in [0, 0.1) is 5.92 Å². The normalized spacial score (nSPS) is 13.8. The third-order valence-corrected chi connectivity index (χ3v) is 1.85. The Hall–Kier alpha value is -1.46. The van der Waals surface area contributed by atoms with Crippen molar-refractivity contribution in [1.29, 1.82) is 0 Å². The van der Waals surface area contributed by atoms with Gasteiger partial charge in [0.15, 0.2) is 0 Å². The van der Waals surface area contributed by atoms with Crippen molar-refractivity contribution < 1.29 is 27.5 Å². The van der Waals surface area contributed by atoms with Gasteiger partial charge in [-0.25, -0.2) is 0 Å². The van der Waals surface area contributed by atoms with Gasteiger partial charge in [0.25, 0.3) is 0 Å². The Morgan fingerprint density at radius 3 is 2.60 bits per heavy atom.